The number of nitrogens with one attached hydrogen (secondary N) is 2. The highest BCUT2D eigenvalue weighted by Crippen LogP contribution is 2.31. The molecule has 2 heterocycles. The molecule has 1 fully saturated rings. The van der Waals surface area contributed by atoms with Crippen LogP contribution in [0, 0.1) is 5.41 Å². The number of hydrogen-bond donors (Lipinski definition) is 2. The maximum atomic E-state index is 4.40. The zero-order valence-corrected chi connectivity index (χ0v) is 13.1. The average molecular weight is 281 g/mol. The molecular weight excluding hydrogens is 254 g/mol. The summed E-state index contributed by atoms with van der Waals surface area (Å²) >= 11 is 1.76. The number of piperidine rings is 1. The summed E-state index contributed by atoms with van der Waals surface area (Å²) in [5.41, 5.74) is 0.482. The van der Waals surface area contributed by atoms with Crippen LogP contribution in [0.15, 0.2) is 11.6 Å². The fourth-order valence-electron chi connectivity index (χ4n) is 3.13. The Kier molecular flexibility index (Phi) is 5.79. The van der Waals surface area contributed by atoms with Crippen LogP contribution in [-0.2, 0) is 0 Å². The van der Waals surface area contributed by atoms with Crippen molar-refractivity contribution in [2.75, 3.05) is 26.2 Å². The van der Waals surface area contributed by atoms with Crippen molar-refractivity contribution in [3.8, 4) is 0 Å². The van der Waals surface area contributed by atoms with Crippen molar-refractivity contribution in [2.24, 2.45) is 5.41 Å². The molecule has 2 N–H and O–H groups in total. The first-order valence-electron chi connectivity index (χ1n) is 7.56. The van der Waals surface area contributed by atoms with Crippen LogP contribution in [0.4, 0.5) is 0 Å². The van der Waals surface area contributed by atoms with Gasteiger partial charge in [0.2, 0.25) is 0 Å². The maximum Gasteiger partial charge on any atom is 0.0965 e. The van der Waals surface area contributed by atoms with Gasteiger partial charge in [-0.25, -0.2) is 4.98 Å². The van der Waals surface area contributed by atoms with E-state index in [0.717, 1.165) is 13.1 Å². The van der Waals surface area contributed by atoms with E-state index in [0.29, 0.717) is 11.3 Å². The summed E-state index contributed by atoms with van der Waals surface area (Å²) in [4.78, 5) is 4.40. The molecule has 4 heteroatoms. The number of aromatic nitrogens is 1. The molecule has 1 aliphatic rings. The highest BCUT2D eigenvalue weighted by atomic mass is 32.1. The number of thiazole rings is 1. The molecule has 2 atom stereocenters. The second-order valence-corrected chi connectivity index (χ2v) is 6.86. The number of hydrogen-bond acceptors (Lipinski definition) is 4. The summed E-state index contributed by atoms with van der Waals surface area (Å²) < 4.78 is 0. The molecule has 2 unspecified atom stereocenters. The van der Waals surface area contributed by atoms with Gasteiger partial charge in [-0.1, -0.05) is 20.3 Å². The van der Waals surface area contributed by atoms with Crippen molar-refractivity contribution in [3.05, 3.63) is 16.6 Å². The van der Waals surface area contributed by atoms with Crippen molar-refractivity contribution in [3.63, 3.8) is 0 Å². The number of rotatable bonds is 7. The van der Waals surface area contributed by atoms with Gasteiger partial charge in [0, 0.05) is 37.1 Å². The number of nitrogens with zero attached hydrogens (tertiary/aromatic N) is 1. The van der Waals surface area contributed by atoms with Crippen LogP contribution in [0.3, 0.4) is 0 Å². The van der Waals surface area contributed by atoms with Crippen LogP contribution in [0.25, 0.3) is 0 Å². The third-order valence-corrected chi connectivity index (χ3v) is 5.17. The van der Waals surface area contributed by atoms with Gasteiger partial charge >= 0.3 is 0 Å². The van der Waals surface area contributed by atoms with Gasteiger partial charge < -0.3 is 10.6 Å². The molecule has 1 aromatic heterocycles. The molecular formula is C15H27N3S. The van der Waals surface area contributed by atoms with Crippen LogP contribution >= 0.6 is 11.3 Å². The molecule has 19 heavy (non-hydrogen) atoms. The lowest BCUT2D eigenvalue weighted by Crippen LogP contribution is -2.46. The van der Waals surface area contributed by atoms with Gasteiger partial charge in [0.15, 0.2) is 0 Å². The molecule has 0 amide bonds. The molecule has 3 nitrogen and oxygen atoms in total. The topological polar surface area (TPSA) is 37.0 Å². The molecule has 0 saturated carbocycles. The summed E-state index contributed by atoms with van der Waals surface area (Å²) in [7, 11) is 0. The van der Waals surface area contributed by atoms with E-state index in [1.54, 1.807) is 11.3 Å². The Morgan fingerprint density at radius 2 is 2.47 bits per heavy atom. The Labute approximate surface area is 121 Å². The molecule has 1 saturated heterocycles. The first-order chi connectivity index (χ1) is 9.26. The lowest BCUT2D eigenvalue weighted by molar-refractivity contribution is 0.182. The molecule has 0 bridgehead atoms. The van der Waals surface area contributed by atoms with Gasteiger partial charge in [0.1, 0.15) is 0 Å². The van der Waals surface area contributed by atoms with Crippen LogP contribution in [0.1, 0.15) is 50.5 Å². The monoisotopic (exact) mass is 281 g/mol. The van der Waals surface area contributed by atoms with Crippen molar-refractivity contribution >= 4 is 11.3 Å². The Morgan fingerprint density at radius 3 is 3.11 bits per heavy atom. The zero-order chi connectivity index (χ0) is 13.6. The van der Waals surface area contributed by atoms with Crippen molar-refractivity contribution in [2.45, 2.75) is 45.4 Å². The van der Waals surface area contributed by atoms with E-state index in [-0.39, 0.29) is 0 Å². The van der Waals surface area contributed by atoms with Gasteiger partial charge in [-0.2, -0.15) is 0 Å². The Bertz CT molecular complexity index is 339. The fourth-order valence-corrected chi connectivity index (χ4v) is 3.83. The van der Waals surface area contributed by atoms with E-state index < -0.39 is 0 Å². The van der Waals surface area contributed by atoms with E-state index in [9.17, 15) is 0 Å². The first-order valence-corrected chi connectivity index (χ1v) is 8.44. The van der Waals surface area contributed by atoms with E-state index in [4.69, 9.17) is 0 Å². The van der Waals surface area contributed by atoms with Crippen molar-refractivity contribution in [1.82, 2.24) is 15.6 Å². The highest BCUT2D eigenvalue weighted by Gasteiger charge is 2.30. The Morgan fingerprint density at radius 1 is 1.58 bits per heavy atom. The summed E-state index contributed by atoms with van der Waals surface area (Å²) in [5, 5.41) is 10.6. The highest BCUT2D eigenvalue weighted by molar-refractivity contribution is 7.09. The second kappa shape index (κ2) is 7.36. The summed E-state index contributed by atoms with van der Waals surface area (Å²) in [6.45, 7) is 9.12. The second-order valence-electron chi connectivity index (χ2n) is 5.93. The quantitative estimate of drug-likeness (QED) is 0.807. The predicted molar refractivity (Wildman–Crippen MR) is 82.8 cm³/mol. The predicted octanol–water partition coefficient (Wildman–Crippen LogP) is 3.01. The van der Waals surface area contributed by atoms with Gasteiger partial charge in [-0.05, 0) is 31.2 Å². The Balaban J connectivity index is 1.79. The van der Waals surface area contributed by atoms with Crippen LogP contribution in [0.5, 0.6) is 0 Å². The minimum absolute atomic E-state index is 0.482. The summed E-state index contributed by atoms with van der Waals surface area (Å²) in [5.74, 6) is 0.523. The summed E-state index contributed by atoms with van der Waals surface area (Å²) in [6, 6.07) is 0. The maximum absolute atomic E-state index is 4.40. The zero-order valence-electron chi connectivity index (χ0n) is 12.2. The average Bonchev–Trinajstić information content (AvgIpc) is 2.94. The molecule has 0 radical (unpaired) electrons. The third kappa shape index (κ3) is 4.26. The van der Waals surface area contributed by atoms with Crippen LogP contribution in [0.2, 0.25) is 0 Å². The molecule has 0 aliphatic carbocycles. The first kappa shape index (κ1) is 14.9. The van der Waals surface area contributed by atoms with E-state index in [1.807, 2.05) is 6.20 Å². The molecule has 0 aromatic carbocycles. The normalized spacial score (nSPS) is 25.4. The smallest absolute Gasteiger partial charge is 0.0965 e. The van der Waals surface area contributed by atoms with Crippen molar-refractivity contribution < 1.29 is 0 Å². The molecule has 1 aliphatic heterocycles. The van der Waals surface area contributed by atoms with Crippen LogP contribution in [-0.4, -0.2) is 31.2 Å². The van der Waals surface area contributed by atoms with E-state index >= 15 is 0 Å². The third-order valence-electron chi connectivity index (χ3n) is 4.16. The molecule has 2 rings (SSSR count). The van der Waals surface area contributed by atoms with Gasteiger partial charge in [0.05, 0.1) is 5.01 Å². The van der Waals surface area contributed by atoms with E-state index in [2.05, 4.69) is 34.8 Å². The molecule has 1 aromatic rings. The van der Waals surface area contributed by atoms with Gasteiger partial charge in [-0.3, -0.25) is 0 Å². The standard InChI is InChI=1S/C15H27N3S/c1-3-5-15(6-4-7-16-11-15)12-17-10-13(2)14-18-8-9-19-14/h8-9,13,16-17H,3-7,10-12H2,1-2H3. The molecule has 108 valence electrons. The van der Waals surface area contributed by atoms with Crippen molar-refractivity contribution in [1.29, 1.82) is 0 Å². The van der Waals surface area contributed by atoms with Gasteiger partial charge in [0.25, 0.3) is 0 Å². The van der Waals surface area contributed by atoms with Crippen LogP contribution < -0.4 is 10.6 Å². The van der Waals surface area contributed by atoms with Gasteiger partial charge in [-0.15, -0.1) is 11.3 Å². The minimum atomic E-state index is 0.482. The lowest BCUT2D eigenvalue weighted by Gasteiger charge is -2.38. The SMILES string of the molecule is CCCC1(CNCC(C)c2nccs2)CCCNC1. The summed E-state index contributed by atoms with van der Waals surface area (Å²) in [6.07, 6.45) is 7.21. The minimum Gasteiger partial charge on any atom is -0.316 e. The fraction of sp³-hybridized carbons (Fsp3) is 0.800. The Hall–Kier alpha value is -0.450. The molecule has 0 spiro atoms. The largest absolute Gasteiger partial charge is 0.316 e. The van der Waals surface area contributed by atoms with E-state index in [1.165, 1.54) is 43.8 Å². The lowest BCUT2D eigenvalue weighted by atomic mass is 9.77.